The lowest BCUT2D eigenvalue weighted by Gasteiger charge is -2.34. The highest BCUT2D eigenvalue weighted by molar-refractivity contribution is 4.83. The molecule has 1 unspecified atom stereocenters. The van der Waals surface area contributed by atoms with E-state index in [4.69, 9.17) is 4.74 Å². The molecular formula is C15H32N2O. The maximum atomic E-state index is 5.19. The molecule has 0 aliphatic carbocycles. The van der Waals surface area contributed by atoms with Gasteiger partial charge in [-0.05, 0) is 18.4 Å². The van der Waals surface area contributed by atoms with Crippen LogP contribution in [0, 0.1) is 11.8 Å². The number of nitrogens with one attached hydrogen (secondary N) is 1. The van der Waals surface area contributed by atoms with E-state index in [1.165, 1.54) is 0 Å². The van der Waals surface area contributed by atoms with Crippen molar-refractivity contribution in [1.29, 1.82) is 0 Å². The number of nitrogens with zero attached hydrogens (tertiary/aromatic N) is 1. The Kier molecular flexibility index (Phi) is 10.3. The van der Waals surface area contributed by atoms with Gasteiger partial charge in [-0.3, -0.25) is 4.90 Å². The van der Waals surface area contributed by atoms with E-state index in [-0.39, 0.29) is 0 Å². The van der Waals surface area contributed by atoms with Crippen LogP contribution in [-0.4, -0.2) is 50.8 Å². The molecule has 108 valence electrons. The van der Waals surface area contributed by atoms with Crippen molar-refractivity contribution in [3.05, 3.63) is 12.7 Å². The summed E-state index contributed by atoms with van der Waals surface area (Å²) in [5.41, 5.74) is 0. The molecule has 0 rings (SSSR count). The summed E-state index contributed by atoms with van der Waals surface area (Å²) < 4.78 is 5.19. The SMILES string of the molecule is C=CCN(CCOC)C(CNCC(C)C)C(C)C. The van der Waals surface area contributed by atoms with Gasteiger partial charge in [0.2, 0.25) is 0 Å². The first-order valence-corrected chi connectivity index (χ1v) is 7.07. The van der Waals surface area contributed by atoms with Crippen molar-refractivity contribution in [2.45, 2.75) is 33.7 Å². The smallest absolute Gasteiger partial charge is 0.0589 e. The van der Waals surface area contributed by atoms with Crippen molar-refractivity contribution in [3.8, 4) is 0 Å². The minimum Gasteiger partial charge on any atom is -0.383 e. The average molecular weight is 256 g/mol. The minimum atomic E-state index is 0.539. The van der Waals surface area contributed by atoms with Crippen molar-refractivity contribution < 1.29 is 4.74 Å². The highest BCUT2D eigenvalue weighted by Crippen LogP contribution is 2.10. The summed E-state index contributed by atoms with van der Waals surface area (Å²) in [5.74, 6) is 1.33. The van der Waals surface area contributed by atoms with E-state index in [0.29, 0.717) is 17.9 Å². The van der Waals surface area contributed by atoms with E-state index in [1.54, 1.807) is 7.11 Å². The van der Waals surface area contributed by atoms with Crippen LogP contribution in [-0.2, 0) is 4.74 Å². The van der Waals surface area contributed by atoms with Gasteiger partial charge in [-0.2, -0.15) is 0 Å². The second kappa shape index (κ2) is 10.5. The Labute approximate surface area is 114 Å². The van der Waals surface area contributed by atoms with E-state index in [1.807, 2.05) is 6.08 Å². The molecule has 18 heavy (non-hydrogen) atoms. The maximum absolute atomic E-state index is 5.19. The molecule has 0 aliphatic heterocycles. The van der Waals surface area contributed by atoms with Crippen molar-refractivity contribution in [2.75, 3.05) is 39.9 Å². The van der Waals surface area contributed by atoms with Crippen LogP contribution in [0.1, 0.15) is 27.7 Å². The van der Waals surface area contributed by atoms with Gasteiger partial charge in [0.25, 0.3) is 0 Å². The van der Waals surface area contributed by atoms with Gasteiger partial charge >= 0.3 is 0 Å². The zero-order chi connectivity index (χ0) is 14.0. The lowest BCUT2D eigenvalue weighted by atomic mass is 10.0. The first-order valence-electron chi connectivity index (χ1n) is 7.07. The Morgan fingerprint density at radius 1 is 1.22 bits per heavy atom. The van der Waals surface area contributed by atoms with Gasteiger partial charge in [-0.25, -0.2) is 0 Å². The molecule has 0 fully saturated rings. The van der Waals surface area contributed by atoms with Gasteiger partial charge in [0, 0.05) is 32.8 Å². The third-order valence-electron chi connectivity index (χ3n) is 3.09. The fourth-order valence-electron chi connectivity index (χ4n) is 2.07. The highest BCUT2D eigenvalue weighted by Gasteiger charge is 2.20. The molecule has 0 saturated heterocycles. The summed E-state index contributed by atoms with van der Waals surface area (Å²) in [6.07, 6.45) is 1.98. The standard InChI is InChI=1S/C15H32N2O/c1-7-8-17(9-10-18-6)15(14(4)5)12-16-11-13(2)3/h7,13-16H,1,8-12H2,2-6H3. The molecule has 0 aliphatic rings. The maximum Gasteiger partial charge on any atom is 0.0589 e. The van der Waals surface area contributed by atoms with Crippen molar-refractivity contribution >= 4 is 0 Å². The van der Waals surface area contributed by atoms with Crippen LogP contribution in [0.25, 0.3) is 0 Å². The van der Waals surface area contributed by atoms with Crippen molar-refractivity contribution in [3.63, 3.8) is 0 Å². The largest absolute Gasteiger partial charge is 0.383 e. The average Bonchev–Trinajstić information content (AvgIpc) is 2.30. The molecule has 0 aromatic heterocycles. The molecule has 0 spiro atoms. The number of hydrogen-bond donors (Lipinski definition) is 1. The summed E-state index contributed by atoms with van der Waals surface area (Å²) in [6.45, 7) is 17.7. The van der Waals surface area contributed by atoms with Crippen LogP contribution in [0.15, 0.2) is 12.7 Å². The monoisotopic (exact) mass is 256 g/mol. The van der Waals surface area contributed by atoms with E-state index in [9.17, 15) is 0 Å². The fraction of sp³-hybridized carbons (Fsp3) is 0.867. The van der Waals surface area contributed by atoms with Crippen LogP contribution < -0.4 is 5.32 Å². The third-order valence-corrected chi connectivity index (χ3v) is 3.09. The van der Waals surface area contributed by atoms with Crippen LogP contribution >= 0.6 is 0 Å². The summed E-state index contributed by atoms with van der Waals surface area (Å²) in [6, 6.07) is 0.539. The molecule has 3 nitrogen and oxygen atoms in total. The molecular weight excluding hydrogens is 224 g/mol. The van der Waals surface area contributed by atoms with Gasteiger partial charge < -0.3 is 10.1 Å². The van der Waals surface area contributed by atoms with E-state index >= 15 is 0 Å². The molecule has 1 atom stereocenters. The molecule has 0 radical (unpaired) electrons. The molecule has 0 saturated carbocycles. The normalized spacial score (nSPS) is 13.6. The molecule has 0 bridgehead atoms. The summed E-state index contributed by atoms with van der Waals surface area (Å²) in [7, 11) is 1.76. The minimum absolute atomic E-state index is 0.539. The van der Waals surface area contributed by atoms with E-state index < -0.39 is 0 Å². The molecule has 3 heteroatoms. The molecule has 0 aromatic rings. The predicted molar refractivity (Wildman–Crippen MR) is 80.0 cm³/mol. The summed E-state index contributed by atoms with van der Waals surface area (Å²) in [5, 5.41) is 3.56. The topological polar surface area (TPSA) is 24.5 Å². The van der Waals surface area contributed by atoms with Crippen LogP contribution in [0.5, 0.6) is 0 Å². The van der Waals surface area contributed by atoms with Gasteiger partial charge in [0.15, 0.2) is 0 Å². The van der Waals surface area contributed by atoms with E-state index in [0.717, 1.165) is 32.8 Å². The van der Waals surface area contributed by atoms with Gasteiger partial charge in [0.1, 0.15) is 0 Å². The predicted octanol–water partition coefficient (Wildman–Crippen LogP) is 2.39. The zero-order valence-corrected chi connectivity index (χ0v) is 12.9. The first kappa shape index (κ1) is 17.6. The van der Waals surface area contributed by atoms with Gasteiger partial charge in [-0.15, -0.1) is 6.58 Å². The number of ether oxygens (including phenoxy) is 1. The summed E-state index contributed by atoms with van der Waals surface area (Å²) >= 11 is 0. The third kappa shape index (κ3) is 7.85. The van der Waals surface area contributed by atoms with Crippen LogP contribution in [0.4, 0.5) is 0 Å². The van der Waals surface area contributed by atoms with Crippen molar-refractivity contribution in [1.82, 2.24) is 10.2 Å². The van der Waals surface area contributed by atoms with Gasteiger partial charge in [0.05, 0.1) is 6.61 Å². The van der Waals surface area contributed by atoms with Gasteiger partial charge in [-0.1, -0.05) is 33.8 Å². The Morgan fingerprint density at radius 3 is 2.33 bits per heavy atom. The molecule has 0 heterocycles. The molecule has 1 N–H and O–H groups in total. The number of hydrogen-bond acceptors (Lipinski definition) is 3. The Bertz CT molecular complexity index is 205. The van der Waals surface area contributed by atoms with Crippen molar-refractivity contribution in [2.24, 2.45) is 11.8 Å². The van der Waals surface area contributed by atoms with Crippen LogP contribution in [0.3, 0.4) is 0 Å². The van der Waals surface area contributed by atoms with E-state index in [2.05, 4.69) is 44.5 Å². The Hall–Kier alpha value is -0.380. The second-order valence-corrected chi connectivity index (χ2v) is 5.64. The zero-order valence-electron chi connectivity index (χ0n) is 12.9. The lowest BCUT2D eigenvalue weighted by Crippen LogP contribution is -2.47. The van der Waals surface area contributed by atoms with Crippen LogP contribution in [0.2, 0.25) is 0 Å². The Morgan fingerprint density at radius 2 is 1.89 bits per heavy atom. The lowest BCUT2D eigenvalue weighted by molar-refractivity contribution is 0.108. The molecule has 0 amide bonds. The number of methoxy groups -OCH3 is 1. The molecule has 0 aromatic carbocycles. The summed E-state index contributed by atoms with van der Waals surface area (Å²) in [4.78, 5) is 2.45. The quantitative estimate of drug-likeness (QED) is 0.575. The second-order valence-electron chi connectivity index (χ2n) is 5.64. The first-order chi connectivity index (χ1) is 8.52. The number of rotatable bonds is 11. The fourth-order valence-corrected chi connectivity index (χ4v) is 2.07. The highest BCUT2D eigenvalue weighted by atomic mass is 16.5. The Balaban J connectivity index is 4.34.